The van der Waals surface area contributed by atoms with Gasteiger partial charge in [-0.3, -0.25) is 0 Å². The van der Waals surface area contributed by atoms with E-state index < -0.39 is 0 Å². The van der Waals surface area contributed by atoms with Crippen molar-refractivity contribution in [2.45, 2.75) is 33.8 Å². The van der Waals surface area contributed by atoms with Crippen LogP contribution in [0.15, 0.2) is 4.47 Å². The lowest BCUT2D eigenvalue weighted by Crippen LogP contribution is -2.22. The van der Waals surface area contributed by atoms with Crippen LogP contribution in [0.25, 0.3) is 0 Å². The van der Waals surface area contributed by atoms with E-state index in [0.717, 1.165) is 10.2 Å². The normalized spacial score (nSPS) is 13.9. The Morgan fingerprint density at radius 1 is 1.31 bits per heavy atom. The van der Waals surface area contributed by atoms with Crippen molar-refractivity contribution in [1.29, 1.82) is 0 Å². The van der Waals surface area contributed by atoms with Crippen LogP contribution in [0.1, 0.15) is 38.4 Å². The van der Waals surface area contributed by atoms with E-state index in [0.29, 0.717) is 11.0 Å². The van der Waals surface area contributed by atoms with Gasteiger partial charge in [-0.2, -0.15) is 0 Å². The van der Waals surface area contributed by atoms with Gasteiger partial charge in [0.25, 0.3) is 0 Å². The Bertz CT molecular complexity index is 367. The fourth-order valence-electron chi connectivity index (χ4n) is 1.51. The average Bonchev–Trinajstić information content (AvgIpc) is 2.12. The van der Waals surface area contributed by atoms with Crippen LogP contribution in [0, 0.1) is 12.3 Å². The monoisotopic (exact) mass is 306 g/mol. The molecule has 90 valence electrons. The Balaban J connectivity index is 3.22. The van der Waals surface area contributed by atoms with E-state index >= 15 is 0 Å². The van der Waals surface area contributed by atoms with E-state index in [1.807, 2.05) is 6.92 Å². The highest BCUT2D eigenvalue weighted by Crippen LogP contribution is 2.35. The van der Waals surface area contributed by atoms with Crippen LogP contribution in [0.4, 0.5) is 0 Å². The molecule has 1 unspecified atom stereocenters. The molecule has 5 heteroatoms. The first-order valence-corrected chi connectivity index (χ1v) is 6.16. The number of hydrogen-bond donors (Lipinski definition) is 0. The van der Waals surface area contributed by atoms with Crippen molar-refractivity contribution in [3.8, 4) is 0 Å². The number of nitrogens with zero attached hydrogens (tertiary/aromatic N) is 2. The molecule has 1 atom stereocenters. The van der Waals surface area contributed by atoms with Crippen molar-refractivity contribution < 1.29 is 4.74 Å². The molecule has 0 aliphatic carbocycles. The molecule has 0 spiro atoms. The van der Waals surface area contributed by atoms with Crippen LogP contribution < -0.4 is 0 Å². The van der Waals surface area contributed by atoms with Crippen molar-refractivity contribution in [2.75, 3.05) is 7.11 Å². The minimum Gasteiger partial charge on any atom is -0.373 e. The minimum absolute atomic E-state index is 0.0711. The van der Waals surface area contributed by atoms with Crippen LogP contribution in [-0.4, -0.2) is 17.1 Å². The van der Waals surface area contributed by atoms with Gasteiger partial charge in [-0.1, -0.05) is 32.4 Å². The van der Waals surface area contributed by atoms with Gasteiger partial charge in [-0.25, -0.2) is 9.97 Å². The predicted octanol–water partition coefficient (Wildman–Crippen LogP) is 3.93. The van der Waals surface area contributed by atoms with Gasteiger partial charge in [0.15, 0.2) is 5.82 Å². The van der Waals surface area contributed by atoms with Crippen molar-refractivity contribution in [3.63, 3.8) is 0 Å². The molecule has 1 aromatic rings. The third-order valence-corrected chi connectivity index (χ3v) is 3.70. The number of rotatable bonds is 2. The lowest BCUT2D eigenvalue weighted by Gasteiger charge is -2.28. The number of ether oxygens (including phenoxy) is 1. The number of halogens is 2. The molecule has 1 aromatic heterocycles. The summed E-state index contributed by atoms with van der Waals surface area (Å²) in [6.07, 6.45) is -0.170. The first-order valence-electron chi connectivity index (χ1n) is 4.99. The van der Waals surface area contributed by atoms with Crippen LogP contribution in [-0.2, 0) is 4.74 Å². The highest BCUT2D eigenvalue weighted by atomic mass is 79.9. The standard InChI is InChI=1S/C11H16BrClN2O/c1-6-7(12)9(13)15-10(14-6)8(16-5)11(2,3)4/h8H,1-5H3. The summed E-state index contributed by atoms with van der Waals surface area (Å²) in [7, 11) is 1.66. The minimum atomic E-state index is -0.170. The molecule has 0 saturated heterocycles. The molecule has 0 radical (unpaired) electrons. The topological polar surface area (TPSA) is 35.0 Å². The molecular formula is C11H16BrClN2O. The molecule has 0 amide bonds. The molecule has 0 aliphatic heterocycles. The average molecular weight is 308 g/mol. The molecule has 0 aliphatic rings. The van der Waals surface area contributed by atoms with Gasteiger partial charge in [0.2, 0.25) is 0 Å². The molecule has 3 nitrogen and oxygen atoms in total. The van der Waals surface area contributed by atoms with Crippen molar-refractivity contribution in [3.05, 3.63) is 21.1 Å². The first-order chi connectivity index (χ1) is 7.27. The van der Waals surface area contributed by atoms with Gasteiger partial charge in [-0.15, -0.1) is 0 Å². The van der Waals surface area contributed by atoms with Gasteiger partial charge < -0.3 is 4.74 Å². The zero-order valence-electron chi connectivity index (χ0n) is 10.1. The lowest BCUT2D eigenvalue weighted by molar-refractivity contribution is 0.00853. The molecule has 0 fully saturated rings. The molecule has 0 bridgehead atoms. The molecule has 0 aromatic carbocycles. The summed E-state index contributed by atoms with van der Waals surface area (Å²) >= 11 is 9.35. The summed E-state index contributed by atoms with van der Waals surface area (Å²) in [5.41, 5.74) is 0.750. The quantitative estimate of drug-likeness (QED) is 0.776. The van der Waals surface area contributed by atoms with Gasteiger partial charge >= 0.3 is 0 Å². The lowest BCUT2D eigenvalue weighted by atomic mass is 9.88. The summed E-state index contributed by atoms with van der Waals surface area (Å²) in [5.74, 6) is 0.626. The molecule has 16 heavy (non-hydrogen) atoms. The Morgan fingerprint density at radius 3 is 2.25 bits per heavy atom. The SMILES string of the molecule is COC(c1nc(C)c(Br)c(Cl)n1)C(C)(C)C. The highest BCUT2D eigenvalue weighted by Gasteiger charge is 2.29. The Hall–Kier alpha value is -0.190. The summed E-state index contributed by atoms with van der Waals surface area (Å²) in [6, 6.07) is 0. The van der Waals surface area contributed by atoms with E-state index in [9.17, 15) is 0 Å². The number of aryl methyl sites for hydroxylation is 1. The van der Waals surface area contributed by atoms with Gasteiger partial charge in [-0.05, 0) is 28.3 Å². The third kappa shape index (κ3) is 2.93. The highest BCUT2D eigenvalue weighted by molar-refractivity contribution is 9.10. The molecule has 1 rings (SSSR count). The summed E-state index contributed by atoms with van der Waals surface area (Å²) in [6.45, 7) is 8.12. The van der Waals surface area contributed by atoms with Crippen LogP contribution in [0.5, 0.6) is 0 Å². The van der Waals surface area contributed by atoms with Crippen molar-refractivity contribution in [1.82, 2.24) is 9.97 Å². The summed E-state index contributed by atoms with van der Waals surface area (Å²) in [5, 5.41) is 0.425. The zero-order chi connectivity index (χ0) is 12.5. The summed E-state index contributed by atoms with van der Waals surface area (Å²) in [4.78, 5) is 8.66. The van der Waals surface area contributed by atoms with E-state index in [-0.39, 0.29) is 11.5 Å². The van der Waals surface area contributed by atoms with Gasteiger partial charge in [0.1, 0.15) is 11.3 Å². The van der Waals surface area contributed by atoms with Gasteiger partial charge in [0, 0.05) is 7.11 Å². The largest absolute Gasteiger partial charge is 0.373 e. The Morgan fingerprint density at radius 2 is 1.88 bits per heavy atom. The first kappa shape index (κ1) is 13.9. The molecular weight excluding hydrogens is 291 g/mol. The van der Waals surface area contributed by atoms with Crippen LogP contribution >= 0.6 is 27.5 Å². The van der Waals surface area contributed by atoms with E-state index in [1.165, 1.54) is 0 Å². The van der Waals surface area contributed by atoms with Crippen LogP contribution in [0.2, 0.25) is 5.15 Å². The number of methoxy groups -OCH3 is 1. The maximum Gasteiger partial charge on any atom is 0.159 e. The van der Waals surface area contributed by atoms with E-state index in [2.05, 4.69) is 46.7 Å². The van der Waals surface area contributed by atoms with Crippen molar-refractivity contribution >= 4 is 27.5 Å². The predicted molar refractivity (Wildman–Crippen MR) is 68.7 cm³/mol. The van der Waals surface area contributed by atoms with E-state index in [1.54, 1.807) is 7.11 Å². The summed E-state index contributed by atoms with van der Waals surface area (Å²) < 4.78 is 6.19. The smallest absolute Gasteiger partial charge is 0.159 e. The number of aromatic nitrogens is 2. The van der Waals surface area contributed by atoms with Crippen LogP contribution in [0.3, 0.4) is 0 Å². The molecule has 0 saturated carbocycles. The Kier molecular flexibility index (Phi) is 4.32. The van der Waals surface area contributed by atoms with E-state index in [4.69, 9.17) is 16.3 Å². The molecule has 1 heterocycles. The maximum absolute atomic E-state index is 6.02. The Labute approximate surface area is 110 Å². The number of hydrogen-bond acceptors (Lipinski definition) is 3. The zero-order valence-corrected chi connectivity index (χ0v) is 12.5. The fourth-order valence-corrected chi connectivity index (χ4v) is 1.91. The fraction of sp³-hybridized carbons (Fsp3) is 0.636. The second-order valence-corrected chi connectivity index (χ2v) is 5.90. The van der Waals surface area contributed by atoms with Crippen molar-refractivity contribution in [2.24, 2.45) is 5.41 Å². The second kappa shape index (κ2) is 4.98. The second-order valence-electron chi connectivity index (χ2n) is 4.75. The maximum atomic E-state index is 6.02. The van der Waals surface area contributed by atoms with Gasteiger partial charge in [0.05, 0.1) is 10.2 Å². The third-order valence-electron chi connectivity index (χ3n) is 2.25. The molecule has 0 N–H and O–H groups in total.